The maximum absolute atomic E-state index is 5.42. The number of hydrogen-bond donors (Lipinski definition) is 2. The Morgan fingerprint density at radius 2 is 0.895 bits per heavy atom. The molecule has 0 spiro atoms. The summed E-state index contributed by atoms with van der Waals surface area (Å²) in [5, 5.41) is 6.58. The third kappa shape index (κ3) is 17.8. The first kappa shape index (κ1) is 18.8. The maximum Gasteiger partial charge on any atom is 0.0701 e. The minimum atomic E-state index is 0.516. The highest BCUT2D eigenvalue weighted by atomic mass is 16.5. The molecule has 0 aromatic heterocycles. The quantitative estimate of drug-likeness (QED) is 0.464. The fraction of sp³-hybridized carbons (Fsp3) is 1.00. The van der Waals surface area contributed by atoms with Crippen molar-refractivity contribution in [2.24, 2.45) is 0 Å². The summed E-state index contributed by atoms with van der Waals surface area (Å²) in [7, 11) is 0. The third-order valence-electron chi connectivity index (χ3n) is 2.34. The van der Waals surface area contributed by atoms with Crippen LogP contribution in [0.1, 0.15) is 27.7 Å². The van der Waals surface area contributed by atoms with Gasteiger partial charge in [0, 0.05) is 25.2 Å². The molecule has 2 N–H and O–H groups in total. The van der Waals surface area contributed by atoms with Crippen LogP contribution in [0.4, 0.5) is 0 Å². The van der Waals surface area contributed by atoms with E-state index in [1.807, 2.05) is 0 Å². The summed E-state index contributed by atoms with van der Waals surface area (Å²) in [6, 6.07) is 1.03. The zero-order chi connectivity index (χ0) is 14.3. The fourth-order valence-electron chi connectivity index (χ4n) is 1.38. The van der Waals surface area contributed by atoms with Gasteiger partial charge in [0.15, 0.2) is 0 Å². The van der Waals surface area contributed by atoms with E-state index in [9.17, 15) is 0 Å². The molecule has 5 nitrogen and oxygen atoms in total. The highest BCUT2D eigenvalue weighted by Crippen LogP contribution is 1.82. The van der Waals surface area contributed by atoms with Gasteiger partial charge in [0.2, 0.25) is 0 Å². The van der Waals surface area contributed by atoms with E-state index >= 15 is 0 Å². The Labute approximate surface area is 118 Å². The van der Waals surface area contributed by atoms with Gasteiger partial charge in [-0.05, 0) is 0 Å². The predicted molar refractivity (Wildman–Crippen MR) is 78.7 cm³/mol. The molecule has 0 aliphatic heterocycles. The molecule has 0 unspecified atom stereocenters. The van der Waals surface area contributed by atoms with Gasteiger partial charge in [-0.25, -0.2) is 0 Å². The lowest BCUT2D eigenvalue weighted by atomic mass is 10.4. The van der Waals surface area contributed by atoms with E-state index in [2.05, 4.69) is 38.3 Å². The monoisotopic (exact) mass is 276 g/mol. The van der Waals surface area contributed by atoms with Gasteiger partial charge >= 0.3 is 0 Å². The van der Waals surface area contributed by atoms with Crippen molar-refractivity contribution in [2.45, 2.75) is 39.8 Å². The first-order chi connectivity index (χ1) is 9.13. The topological polar surface area (TPSA) is 51.8 Å². The van der Waals surface area contributed by atoms with Crippen LogP contribution in [-0.2, 0) is 14.2 Å². The smallest absolute Gasteiger partial charge is 0.0701 e. The lowest BCUT2D eigenvalue weighted by Crippen LogP contribution is -2.27. The molecule has 0 atom stereocenters. The van der Waals surface area contributed by atoms with Crippen LogP contribution in [0, 0.1) is 0 Å². The number of nitrogens with one attached hydrogen (secondary N) is 2. The molecule has 5 heteroatoms. The van der Waals surface area contributed by atoms with Gasteiger partial charge in [-0.1, -0.05) is 27.7 Å². The van der Waals surface area contributed by atoms with Crippen molar-refractivity contribution in [1.82, 2.24) is 10.6 Å². The van der Waals surface area contributed by atoms with Crippen molar-refractivity contribution in [3.8, 4) is 0 Å². The van der Waals surface area contributed by atoms with Crippen molar-refractivity contribution < 1.29 is 14.2 Å². The van der Waals surface area contributed by atoms with Gasteiger partial charge in [-0.15, -0.1) is 0 Å². The Bertz CT molecular complexity index is 160. The SMILES string of the molecule is CC(C)NCCOCCOCCOCCNC(C)C. The average Bonchev–Trinajstić information content (AvgIpc) is 2.34. The molecule has 0 radical (unpaired) electrons. The Kier molecular flexibility index (Phi) is 14.1. The molecule has 0 saturated heterocycles. The Hall–Kier alpha value is -0.200. The van der Waals surface area contributed by atoms with Crippen LogP contribution in [0.5, 0.6) is 0 Å². The lowest BCUT2D eigenvalue weighted by Gasteiger charge is -2.10. The van der Waals surface area contributed by atoms with Crippen LogP contribution in [0.25, 0.3) is 0 Å². The van der Waals surface area contributed by atoms with E-state index < -0.39 is 0 Å². The third-order valence-corrected chi connectivity index (χ3v) is 2.34. The molecule has 0 rings (SSSR count). The first-order valence-electron chi connectivity index (χ1n) is 7.33. The molecule has 0 fully saturated rings. The highest BCUT2D eigenvalue weighted by Gasteiger charge is 1.94. The summed E-state index contributed by atoms with van der Waals surface area (Å²) in [6.07, 6.45) is 0. The van der Waals surface area contributed by atoms with Gasteiger partial charge < -0.3 is 24.8 Å². The van der Waals surface area contributed by atoms with Crippen molar-refractivity contribution in [3.63, 3.8) is 0 Å². The summed E-state index contributed by atoms with van der Waals surface area (Å²) in [5.74, 6) is 0. The normalized spacial score (nSPS) is 11.7. The van der Waals surface area contributed by atoms with Gasteiger partial charge in [0.25, 0.3) is 0 Å². The first-order valence-corrected chi connectivity index (χ1v) is 7.33. The second-order valence-corrected chi connectivity index (χ2v) is 5.05. The minimum absolute atomic E-state index is 0.516. The Morgan fingerprint density at radius 1 is 0.579 bits per heavy atom. The molecule has 0 heterocycles. The zero-order valence-electron chi connectivity index (χ0n) is 13.0. The van der Waals surface area contributed by atoms with Crippen LogP contribution in [-0.4, -0.2) is 64.8 Å². The van der Waals surface area contributed by atoms with Gasteiger partial charge in [0.1, 0.15) is 0 Å². The summed E-state index contributed by atoms with van der Waals surface area (Å²) < 4.78 is 16.2. The number of rotatable bonds is 14. The molecule has 0 saturated carbocycles. The molecular weight excluding hydrogens is 244 g/mol. The fourth-order valence-corrected chi connectivity index (χ4v) is 1.38. The average molecular weight is 276 g/mol. The zero-order valence-corrected chi connectivity index (χ0v) is 13.0. The van der Waals surface area contributed by atoms with E-state index in [0.29, 0.717) is 38.5 Å². The van der Waals surface area contributed by atoms with Gasteiger partial charge in [-0.2, -0.15) is 0 Å². The van der Waals surface area contributed by atoms with E-state index in [1.54, 1.807) is 0 Å². The summed E-state index contributed by atoms with van der Waals surface area (Å²) in [5.41, 5.74) is 0. The van der Waals surface area contributed by atoms with E-state index in [4.69, 9.17) is 14.2 Å². The van der Waals surface area contributed by atoms with Crippen LogP contribution in [0.15, 0.2) is 0 Å². The van der Waals surface area contributed by atoms with Gasteiger partial charge in [0.05, 0.1) is 39.6 Å². The predicted octanol–water partition coefficient (Wildman–Crippen LogP) is 1.03. The molecule has 19 heavy (non-hydrogen) atoms. The summed E-state index contributed by atoms with van der Waals surface area (Å²) >= 11 is 0. The van der Waals surface area contributed by atoms with Crippen molar-refractivity contribution in [3.05, 3.63) is 0 Å². The highest BCUT2D eigenvalue weighted by molar-refractivity contribution is 4.51. The molecule has 0 aliphatic carbocycles. The largest absolute Gasteiger partial charge is 0.378 e. The molecule has 116 valence electrons. The second kappa shape index (κ2) is 14.2. The van der Waals surface area contributed by atoms with E-state index in [-0.39, 0.29) is 0 Å². The Balaban J connectivity index is 2.95. The van der Waals surface area contributed by atoms with Crippen LogP contribution in [0.2, 0.25) is 0 Å². The van der Waals surface area contributed by atoms with Crippen LogP contribution in [0.3, 0.4) is 0 Å². The summed E-state index contributed by atoms with van der Waals surface area (Å²) in [6.45, 7) is 14.3. The molecule has 0 aromatic rings. The standard InChI is InChI=1S/C14H32N2O3/c1-13(2)15-5-7-17-9-11-19-12-10-18-8-6-16-14(3)4/h13-16H,5-12H2,1-4H3. The minimum Gasteiger partial charge on any atom is -0.378 e. The molecular formula is C14H32N2O3. The van der Waals surface area contributed by atoms with Crippen LogP contribution < -0.4 is 10.6 Å². The maximum atomic E-state index is 5.42. The van der Waals surface area contributed by atoms with Crippen molar-refractivity contribution >= 4 is 0 Å². The number of hydrogen-bond acceptors (Lipinski definition) is 5. The van der Waals surface area contributed by atoms with Crippen molar-refractivity contribution in [2.75, 3.05) is 52.7 Å². The van der Waals surface area contributed by atoms with Crippen LogP contribution >= 0.6 is 0 Å². The van der Waals surface area contributed by atoms with E-state index in [0.717, 1.165) is 26.3 Å². The lowest BCUT2D eigenvalue weighted by molar-refractivity contribution is 0.0154. The Morgan fingerprint density at radius 3 is 1.21 bits per heavy atom. The molecule has 0 aliphatic rings. The second-order valence-electron chi connectivity index (χ2n) is 5.05. The van der Waals surface area contributed by atoms with Gasteiger partial charge in [-0.3, -0.25) is 0 Å². The van der Waals surface area contributed by atoms with E-state index in [1.165, 1.54) is 0 Å². The number of ether oxygens (including phenoxy) is 3. The molecule has 0 amide bonds. The molecule has 0 bridgehead atoms. The summed E-state index contributed by atoms with van der Waals surface area (Å²) in [4.78, 5) is 0. The molecule has 0 aromatic carbocycles. The van der Waals surface area contributed by atoms with Crippen molar-refractivity contribution in [1.29, 1.82) is 0 Å².